The Morgan fingerprint density at radius 2 is 1.79 bits per heavy atom. The van der Waals surface area contributed by atoms with Crippen LogP contribution in [0.1, 0.15) is 30.1 Å². The molecule has 0 saturated carbocycles. The van der Waals surface area contributed by atoms with Crippen molar-refractivity contribution in [2.75, 3.05) is 52.5 Å². The van der Waals surface area contributed by atoms with Gasteiger partial charge in [-0.1, -0.05) is 24.3 Å². The third-order valence-electron chi connectivity index (χ3n) is 6.76. The van der Waals surface area contributed by atoms with Crippen LogP contribution in [0.2, 0.25) is 0 Å². The predicted octanol–water partition coefficient (Wildman–Crippen LogP) is 2.22. The van der Waals surface area contributed by atoms with Crippen molar-refractivity contribution in [1.82, 2.24) is 9.21 Å². The molecule has 0 spiro atoms. The molecule has 5 rings (SSSR count). The second kappa shape index (κ2) is 10.2. The minimum absolute atomic E-state index is 0.0348. The molecule has 2 atom stereocenters. The van der Waals surface area contributed by atoms with Crippen LogP contribution in [-0.2, 0) is 21.2 Å². The number of aliphatic hydroxyl groups is 1. The first-order valence-corrected chi connectivity index (χ1v) is 13.4. The number of piperazine rings is 1. The molecule has 9 heteroatoms. The molecule has 0 unspecified atom stereocenters. The second-order valence-corrected chi connectivity index (χ2v) is 11.0. The summed E-state index contributed by atoms with van der Waals surface area (Å²) in [6.07, 6.45) is 2.57. The quantitative estimate of drug-likeness (QED) is 0.639. The van der Waals surface area contributed by atoms with E-state index < -0.39 is 16.1 Å². The standard InChI is InChI=1S/C25H32N2O6S/c28-20(18-33-23-7-3-5-19-4-1-2-6-22(19)23)17-26-10-12-27(13-11-26)34(29,30)21-8-9-24-25(16-21)32-15-14-31-24/h1-2,4,6,8-9,16,20,23,28H,3,5,7,10-15,17-18H2/t20-,23+/m1/s1. The average Bonchev–Trinajstić information content (AvgIpc) is 2.87. The van der Waals surface area contributed by atoms with E-state index in [1.807, 2.05) is 6.07 Å². The van der Waals surface area contributed by atoms with E-state index in [4.69, 9.17) is 14.2 Å². The fourth-order valence-corrected chi connectivity index (χ4v) is 6.38. The first-order chi connectivity index (χ1) is 16.5. The number of hydrogen-bond acceptors (Lipinski definition) is 7. The SMILES string of the molecule is O=S(=O)(c1ccc2c(c1)OCCO2)N1CCN(C[C@@H](O)CO[C@H]2CCCc3ccccc32)CC1. The zero-order chi connectivity index (χ0) is 23.5. The number of hydrogen-bond donors (Lipinski definition) is 1. The van der Waals surface area contributed by atoms with Gasteiger partial charge < -0.3 is 19.3 Å². The summed E-state index contributed by atoms with van der Waals surface area (Å²) in [6, 6.07) is 13.1. The molecule has 34 heavy (non-hydrogen) atoms. The number of aryl methyl sites for hydroxylation is 1. The van der Waals surface area contributed by atoms with Crippen molar-refractivity contribution in [3.8, 4) is 11.5 Å². The molecule has 0 amide bonds. The summed E-state index contributed by atoms with van der Waals surface area (Å²) in [6.45, 7) is 3.49. The van der Waals surface area contributed by atoms with Gasteiger partial charge in [0.2, 0.25) is 10.0 Å². The average molecular weight is 489 g/mol. The van der Waals surface area contributed by atoms with Crippen LogP contribution in [0.4, 0.5) is 0 Å². The molecule has 184 valence electrons. The molecular formula is C25H32N2O6S. The van der Waals surface area contributed by atoms with Crippen LogP contribution in [0, 0.1) is 0 Å². The summed E-state index contributed by atoms with van der Waals surface area (Å²) in [7, 11) is -3.62. The van der Waals surface area contributed by atoms with Crippen LogP contribution < -0.4 is 9.47 Å². The van der Waals surface area contributed by atoms with Crippen molar-refractivity contribution in [3.05, 3.63) is 53.6 Å². The van der Waals surface area contributed by atoms with E-state index in [0.717, 1.165) is 19.3 Å². The van der Waals surface area contributed by atoms with Gasteiger partial charge >= 0.3 is 0 Å². The normalized spacial score (nSPS) is 22.2. The van der Waals surface area contributed by atoms with Gasteiger partial charge in [-0.25, -0.2) is 8.42 Å². The van der Waals surface area contributed by atoms with E-state index >= 15 is 0 Å². The van der Waals surface area contributed by atoms with Gasteiger partial charge in [0.1, 0.15) is 13.2 Å². The second-order valence-electron chi connectivity index (χ2n) is 9.08. The van der Waals surface area contributed by atoms with Crippen molar-refractivity contribution in [2.45, 2.75) is 36.4 Å². The van der Waals surface area contributed by atoms with Crippen molar-refractivity contribution >= 4 is 10.0 Å². The van der Waals surface area contributed by atoms with E-state index in [0.29, 0.717) is 57.4 Å². The number of benzene rings is 2. The zero-order valence-corrected chi connectivity index (χ0v) is 20.1. The highest BCUT2D eigenvalue weighted by atomic mass is 32.2. The summed E-state index contributed by atoms with van der Waals surface area (Å²) >= 11 is 0. The molecule has 8 nitrogen and oxygen atoms in total. The molecule has 0 aromatic heterocycles. The van der Waals surface area contributed by atoms with Crippen molar-refractivity contribution in [3.63, 3.8) is 0 Å². The van der Waals surface area contributed by atoms with E-state index in [1.165, 1.54) is 15.4 Å². The number of β-amino-alcohol motifs (C(OH)–C–C–N with tert-alkyl or cyclic N) is 1. The summed E-state index contributed by atoms with van der Waals surface area (Å²) in [5.74, 6) is 1.04. The van der Waals surface area contributed by atoms with Gasteiger partial charge in [0, 0.05) is 38.8 Å². The maximum absolute atomic E-state index is 13.1. The van der Waals surface area contributed by atoms with Crippen molar-refractivity contribution in [2.24, 2.45) is 0 Å². The third kappa shape index (κ3) is 5.08. The first kappa shape index (κ1) is 23.6. The molecule has 2 aromatic carbocycles. The van der Waals surface area contributed by atoms with Gasteiger partial charge in [-0.2, -0.15) is 4.31 Å². The Morgan fingerprint density at radius 3 is 2.62 bits per heavy atom. The Labute approximate surface area is 201 Å². The van der Waals surface area contributed by atoms with Crippen LogP contribution in [0.15, 0.2) is 47.4 Å². The number of aliphatic hydroxyl groups excluding tert-OH is 1. The Balaban J connectivity index is 1.11. The molecule has 0 radical (unpaired) electrons. The van der Waals surface area contributed by atoms with E-state index in [1.54, 1.807) is 18.2 Å². The summed E-state index contributed by atoms with van der Waals surface area (Å²) in [4.78, 5) is 2.31. The third-order valence-corrected chi connectivity index (χ3v) is 8.65. The van der Waals surface area contributed by atoms with E-state index in [-0.39, 0.29) is 17.6 Å². The molecule has 2 heterocycles. The van der Waals surface area contributed by atoms with Crippen molar-refractivity contribution in [1.29, 1.82) is 0 Å². The van der Waals surface area contributed by atoms with Gasteiger partial charge in [0.05, 0.1) is 23.7 Å². The summed E-state index contributed by atoms with van der Waals surface area (Å²) < 4.78 is 44.9. The van der Waals surface area contributed by atoms with Crippen molar-refractivity contribution < 1.29 is 27.7 Å². The Morgan fingerprint density at radius 1 is 1.03 bits per heavy atom. The topological polar surface area (TPSA) is 88.5 Å². The lowest BCUT2D eigenvalue weighted by molar-refractivity contribution is -0.0304. The molecule has 1 aliphatic carbocycles. The molecule has 0 bridgehead atoms. The number of nitrogens with zero attached hydrogens (tertiary/aromatic N) is 2. The van der Waals surface area contributed by atoms with Gasteiger partial charge in [0.25, 0.3) is 0 Å². The van der Waals surface area contributed by atoms with Crippen LogP contribution in [-0.4, -0.2) is 81.4 Å². The summed E-state index contributed by atoms with van der Waals surface area (Å²) in [5.41, 5.74) is 2.57. The Hall–Kier alpha value is -2.17. The zero-order valence-electron chi connectivity index (χ0n) is 19.3. The summed E-state index contributed by atoms with van der Waals surface area (Å²) in [5, 5.41) is 10.6. The molecule has 2 aromatic rings. The monoisotopic (exact) mass is 488 g/mol. The Kier molecular flexibility index (Phi) is 7.08. The minimum atomic E-state index is -3.62. The van der Waals surface area contributed by atoms with Gasteiger partial charge in [-0.15, -0.1) is 0 Å². The lowest BCUT2D eigenvalue weighted by atomic mass is 9.89. The predicted molar refractivity (Wildman–Crippen MR) is 127 cm³/mol. The van der Waals surface area contributed by atoms with Crippen LogP contribution in [0.25, 0.3) is 0 Å². The highest BCUT2D eigenvalue weighted by Crippen LogP contribution is 2.34. The highest BCUT2D eigenvalue weighted by molar-refractivity contribution is 7.89. The van der Waals surface area contributed by atoms with Crippen LogP contribution >= 0.6 is 0 Å². The smallest absolute Gasteiger partial charge is 0.243 e. The number of rotatable bonds is 7. The van der Waals surface area contributed by atoms with Crippen LogP contribution in [0.3, 0.4) is 0 Å². The lowest BCUT2D eigenvalue weighted by Crippen LogP contribution is -2.50. The van der Waals surface area contributed by atoms with Gasteiger partial charge in [-0.05, 0) is 42.5 Å². The minimum Gasteiger partial charge on any atom is -0.486 e. The van der Waals surface area contributed by atoms with E-state index in [2.05, 4.69) is 23.1 Å². The van der Waals surface area contributed by atoms with Gasteiger partial charge in [-0.3, -0.25) is 4.90 Å². The highest BCUT2D eigenvalue weighted by Gasteiger charge is 2.30. The fourth-order valence-electron chi connectivity index (χ4n) is 4.95. The van der Waals surface area contributed by atoms with Crippen LogP contribution in [0.5, 0.6) is 11.5 Å². The maximum Gasteiger partial charge on any atom is 0.243 e. The van der Waals surface area contributed by atoms with E-state index in [9.17, 15) is 13.5 Å². The first-order valence-electron chi connectivity index (χ1n) is 12.0. The van der Waals surface area contributed by atoms with Gasteiger partial charge in [0.15, 0.2) is 11.5 Å². The molecule has 1 fully saturated rings. The molecule has 3 aliphatic rings. The maximum atomic E-state index is 13.1. The fraction of sp³-hybridized carbons (Fsp3) is 0.520. The number of sulfonamides is 1. The molecule has 1 saturated heterocycles. The molecule has 1 N–H and O–H groups in total. The number of fused-ring (bicyclic) bond motifs is 2. The Bertz CT molecular complexity index is 1100. The molecular weight excluding hydrogens is 456 g/mol. The largest absolute Gasteiger partial charge is 0.486 e. The molecule has 2 aliphatic heterocycles. The lowest BCUT2D eigenvalue weighted by Gasteiger charge is -2.35. The number of ether oxygens (including phenoxy) is 3.